The van der Waals surface area contributed by atoms with Crippen molar-refractivity contribution in [2.75, 3.05) is 26.2 Å². The minimum atomic E-state index is -1.05. The van der Waals surface area contributed by atoms with Crippen LogP contribution in [0.2, 0.25) is 0 Å². The summed E-state index contributed by atoms with van der Waals surface area (Å²) in [5.41, 5.74) is 0.676. The van der Waals surface area contributed by atoms with E-state index < -0.39 is 12.0 Å². The van der Waals surface area contributed by atoms with Gasteiger partial charge in [0.05, 0.1) is 6.33 Å². The standard InChI is InChI=1S/C12H19N5O3/c18-11(19)10(6-9-7-14-8-15-9)16-12(20)17-4-1-2-13-3-5-17/h7-8,10,13H,1-6H2,(H,14,15)(H,16,20)(H,18,19)/t10-/m1/s1. The Balaban J connectivity index is 1.93. The number of aromatic amines is 1. The molecule has 2 rings (SSSR count). The van der Waals surface area contributed by atoms with Gasteiger partial charge >= 0.3 is 12.0 Å². The van der Waals surface area contributed by atoms with E-state index in [1.807, 2.05) is 0 Å². The summed E-state index contributed by atoms with van der Waals surface area (Å²) in [5.74, 6) is -1.05. The Morgan fingerprint density at radius 1 is 1.45 bits per heavy atom. The number of amides is 2. The number of hydrogen-bond donors (Lipinski definition) is 4. The molecule has 0 saturated carbocycles. The average Bonchev–Trinajstić information content (AvgIpc) is 2.77. The molecule has 1 aliphatic rings. The van der Waals surface area contributed by atoms with Crippen molar-refractivity contribution in [1.82, 2.24) is 25.5 Å². The van der Waals surface area contributed by atoms with E-state index in [-0.39, 0.29) is 12.5 Å². The Morgan fingerprint density at radius 2 is 2.30 bits per heavy atom. The molecule has 1 atom stereocenters. The number of carbonyl (C=O) groups excluding carboxylic acids is 1. The normalized spacial score (nSPS) is 17.3. The average molecular weight is 281 g/mol. The highest BCUT2D eigenvalue weighted by atomic mass is 16.4. The van der Waals surface area contributed by atoms with Gasteiger partial charge in [-0.2, -0.15) is 0 Å². The number of nitrogens with one attached hydrogen (secondary N) is 3. The monoisotopic (exact) mass is 281 g/mol. The summed E-state index contributed by atoms with van der Waals surface area (Å²) < 4.78 is 0. The van der Waals surface area contributed by atoms with Gasteiger partial charge in [0.25, 0.3) is 0 Å². The number of hydrogen-bond acceptors (Lipinski definition) is 4. The number of carboxylic acids is 1. The van der Waals surface area contributed by atoms with Crippen molar-refractivity contribution >= 4 is 12.0 Å². The van der Waals surface area contributed by atoms with Gasteiger partial charge in [-0.25, -0.2) is 14.6 Å². The van der Waals surface area contributed by atoms with Crippen LogP contribution < -0.4 is 10.6 Å². The number of carboxylic acid groups (broad SMARTS) is 1. The highest BCUT2D eigenvalue weighted by Crippen LogP contribution is 2.02. The van der Waals surface area contributed by atoms with Crippen LogP contribution in [0.3, 0.4) is 0 Å². The molecular weight excluding hydrogens is 262 g/mol. The lowest BCUT2D eigenvalue weighted by molar-refractivity contribution is -0.139. The van der Waals surface area contributed by atoms with Crippen molar-refractivity contribution < 1.29 is 14.7 Å². The molecule has 1 fully saturated rings. The van der Waals surface area contributed by atoms with Crippen LogP contribution in [0.15, 0.2) is 12.5 Å². The summed E-state index contributed by atoms with van der Waals surface area (Å²) in [4.78, 5) is 31.6. The van der Waals surface area contributed by atoms with E-state index in [2.05, 4.69) is 20.6 Å². The van der Waals surface area contributed by atoms with Gasteiger partial charge in [0, 0.05) is 37.9 Å². The summed E-state index contributed by atoms with van der Waals surface area (Å²) in [5, 5.41) is 15.0. The maximum Gasteiger partial charge on any atom is 0.326 e. The van der Waals surface area contributed by atoms with Crippen LogP contribution in [0.25, 0.3) is 0 Å². The molecule has 110 valence electrons. The van der Waals surface area contributed by atoms with Crippen molar-refractivity contribution in [1.29, 1.82) is 0 Å². The first-order valence-electron chi connectivity index (χ1n) is 6.63. The zero-order valence-corrected chi connectivity index (χ0v) is 11.1. The molecule has 0 aromatic carbocycles. The molecule has 2 amide bonds. The van der Waals surface area contributed by atoms with Crippen molar-refractivity contribution in [3.63, 3.8) is 0 Å². The van der Waals surface area contributed by atoms with Gasteiger partial charge in [-0.1, -0.05) is 0 Å². The molecule has 0 radical (unpaired) electrons. The van der Waals surface area contributed by atoms with E-state index in [9.17, 15) is 14.7 Å². The minimum Gasteiger partial charge on any atom is -0.480 e. The third-order valence-corrected chi connectivity index (χ3v) is 3.20. The molecule has 0 aliphatic carbocycles. The summed E-state index contributed by atoms with van der Waals surface area (Å²) in [6.07, 6.45) is 4.09. The lowest BCUT2D eigenvalue weighted by atomic mass is 10.1. The number of aliphatic carboxylic acids is 1. The Bertz CT molecular complexity index is 440. The molecule has 0 spiro atoms. The number of imidazole rings is 1. The molecule has 4 N–H and O–H groups in total. The van der Waals surface area contributed by atoms with Crippen LogP contribution in [0.5, 0.6) is 0 Å². The van der Waals surface area contributed by atoms with Crippen LogP contribution in [0, 0.1) is 0 Å². The number of nitrogens with zero attached hydrogens (tertiary/aromatic N) is 2. The van der Waals surface area contributed by atoms with Crippen LogP contribution in [-0.4, -0.2) is 64.2 Å². The summed E-state index contributed by atoms with van der Waals surface area (Å²) in [7, 11) is 0. The zero-order valence-electron chi connectivity index (χ0n) is 11.1. The Kier molecular flexibility index (Phi) is 4.94. The smallest absolute Gasteiger partial charge is 0.326 e. The maximum absolute atomic E-state index is 12.1. The number of rotatable bonds is 4. The Morgan fingerprint density at radius 3 is 3.00 bits per heavy atom. The second kappa shape index (κ2) is 6.90. The van der Waals surface area contributed by atoms with Crippen LogP contribution in [0.4, 0.5) is 4.79 Å². The molecule has 20 heavy (non-hydrogen) atoms. The lowest BCUT2D eigenvalue weighted by Gasteiger charge is -2.23. The molecule has 1 aromatic rings. The largest absolute Gasteiger partial charge is 0.480 e. The lowest BCUT2D eigenvalue weighted by Crippen LogP contribution is -2.49. The van der Waals surface area contributed by atoms with Crippen LogP contribution in [0.1, 0.15) is 12.1 Å². The van der Waals surface area contributed by atoms with Gasteiger partial charge in [0.15, 0.2) is 0 Å². The van der Waals surface area contributed by atoms with E-state index in [0.717, 1.165) is 19.5 Å². The minimum absolute atomic E-state index is 0.188. The fourth-order valence-electron chi connectivity index (χ4n) is 2.11. The summed E-state index contributed by atoms with van der Waals surface area (Å²) in [6, 6.07) is -1.29. The molecule has 0 unspecified atom stereocenters. The number of H-pyrrole nitrogens is 1. The highest BCUT2D eigenvalue weighted by Gasteiger charge is 2.24. The predicted molar refractivity (Wildman–Crippen MR) is 71.3 cm³/mol. The first-order valence-corrected chi connectivity index (χ1v) is 6.63. The van der Waals surface area contributed by atoms with E-state index in [1.54, 1.807) is 11.1 Å². The van der Waals surface area contributed by atoms with E-state index >= 15 is 0 Å². The second-order valence-electron chi connectivity index (χ2n) is 4.71. The van der Waals surface area contributed by atoms with Gasteiger partial charge in [-0.3, -0.25) is 0 Å². The number of aromatic nitrogens is 2. The topological polar surface area (TPSA) is 110 Å². The van der Waals surface area contributed by atoms with Crippen molar-refractivity contribution in [3.8, 4) is 0 Å². The third kappa shape index (κ3) is 3.95. The zero-order chi connectivity index (χ0) is 14.4. The molecular formula is C12H19N5O3. The van der Waals surface area contributed by atoms with E-state index in [4.69, 9.17) is 0 Å². The molecule has 0 bridgehead atoms. The first-order chi connectivity index (χ1) is 9.66. The van der Waals surface area contributed by atoms with Crippen molar-refractivity contribution in [2.45, 2.75) is 18.9 Å². The highest BCUT2D eigenvalue weighted by molar-refractivity contribution is 5.82. The van der Waals surface area contributed by atoms with Gasteiger partial charge in [-0.15, -0.1) is 0 Å². The number of urea groups is 1. The fourth-order valence-corrected chi connectivity index (χ4v) is 2.11. The summed E-state index contributed by atoms with van der Waals surface area (Å²) >= 11 is 0. The number of carbonyl (C=O) groups is 2. The van der Waals surface area contributed by atoms with Crippen molar-refractivity contribution in [2.24, 2.45) is 0 Å². The summed E-state index contributed by atoms with van der Waals surface area (Å²) in [6.45, 7) is 2.82. The second-order valence-corrected chi connectivity index (χ2v) is 4.71. The Hall–Kier alpha value is -2.09. The maximum atomic E-state index is 12.1. The quantitative estimate of drug-likeness (QED) is 0.589. The SMILES string of the molecule is O=C(O)[C@@H](Cc1cnc[nH]1)NC(=O)N1CCCNCC1. The third-order valence-electron chi connectivity index (χ3n) is 3.20. The van der Waals surface area contributed by atoms with Crippen LogP contribution in [-0.2, 0) is 11.2 Å². The van der Waals surface area contributed by atoms with Gasteiger partial charge in [-0.05, 0) is 13.0 Å². The molecule has 2 heterocycles. The van der Waals surface area contributed by atoms with Gasteiger partial charge < -0.3 is 25.6 Å². The molecule has 8 heteroatoms. The van der Waals surface area contributed by atoms with E-state index in [0.29, 0.717) is 18.8 Å². The van der Waals surface area contributed by atoms with Gasteiger partial charge in [0.1, 0.15) is 6.04 Å². The van der Waals surface area contributed by atoms with E-state index in [1.165, 1.54) is 6.33 Å². The molecule has 8 nitrogen and oxygen atoms in total. The van der Waals surface area contributed by atoms with Crippen LogP contribution >= 0.6 is 0 Å². The van der Waals surface area contributed by atoms with Crippen molar-refractivity contribution in [3.05, 3.63) is 18.2 Å². The van der Waals surface area contributed by atoms with Gasteiger partial charge in [0.2, 0.25) is 0 Å². The molecule has 1 aromatic heterocycles. The first kappa shape index (κ1) is 14.3. The molecule has 1 aliphatic heterocycles. The molecule has 1 saturated heterocycles. The predicted octanol–water partition coefficient (Wildman–Crippen LogP) is -0.590. The fraction of sp³-hybridized carbons (Fsp3) is 0.583. The Labute approximate surface area is 116 Å².